The molecule has 0 saturated heterocycles. The van der Waals surface area contributed by atoms with Gasteiger partial charge in [0.05, 0.1) is 7.11 Å². The third-order valence-corrected chi connectivity index (χ3v) is 3.68. The molecule has 3 rings (SSSR count). The first-order chi connectivity index (χ1) is 11.7. The van der Waals surface area contributed by atoms with Gasteiger partial charge in [0.25, 0.3) is 5.89 Å². The van der Waals surface area contributed by atoms with Crippen molar-refractivity contribution >= 4 is 0 Å². The Morgan fingerprint density at radius 3 is 2.67 bits per heavy atom. The fourth-order valence-electron chi connectivity index (χ4n) is 2.41. The van der Waals surface area contributed by atoms with Crippen molar-refractivity contribution < 1.29 is 13.9 Å². The molecule has 2 aromatic carbocycles. The van der Waals surface area contributed by atoms with Crippen LogP contribution in [0.5, 0.6) is 11.5 Å². The molecule has 0 N–H and O–H groups in total. The van der Waals surface area contributed by atoms with E-state index in [0.717, 1.165) is 22.6 Å². The lowest BCUT2D eigenvalue weighted by molar-refractivity contribution is 0.261. The number of hydrogen-bond donors (Lipinski definition) is 0. The van der Waals surface area contributed by atoms with Gasteiger partial charge >= 0.3 is 0 Å². The topological polar surface area (TPSA) is 57.4 Å². The summed E-state index contributed by atoms with van der Waals surface area (Å²) in [5.41, 5.74) is 1.97. The van der Waals surface area contributed by atoms with Crippen molar-refractivity contribution in [3.05, 3.63) is 60.0 Å². The minimum absolute atomic E-state index is 0.237. The standard InChI is InChI=1S/C19H20N2O3/c1-13(2)16-9-4-5-10-17(16)23-12-18-20-21-19(24-18)14-7-6-8-15(11-14)22-3/h4-11,13H,12H2,1-3H3. The Kier molecular flexibility index (Phi) is 4.79. The van der Waals surface area contributed by atoms with Gasteiger partial charge in [0.1, 0.15) is 11.5 Å². The quantitative estimate of drug-likeness (QED) is 0.670. The number of benzene rings is 2. The van der Waals surface area contributed by atoms with Gasteiger partial charge in [-0.25, -0.2) is 0 Å². The Morgan fingerprint density at radius 2 is 1.88 bits per heavy atom. The van der Waals surface area contributed by atoms with Crippen LogP contribution >= 0.6 is 0 Å². The van der Waals surface area contributed by atoms with Gasteiger partial charge in [0, 0.05) is 5.56 Å². The van der Waals surface area contributed by atoms with E-state index in [1.54, 1.807) is 7.11 Å². The van der Waals surface area contributed by atoms with Crippen LogP contribution in [0.3, 0.4) is 0 Å². The van der Waals surface area contributed by atoms with Gasteiger partial charge in [-0.05, 0) is 35.7 Å². The van der Waals surface area contributed by atoms with Crippen molar-refractivity contribution in [2.24, 2.45) is 0 Å². The molecule has 0 bridgehead atoms. The summed E-state index contributed by atoms with van der Waals surface area (Å²) in [7, 11) is 1.62. The smallest absolute Gasteiger partial charge is 0.254 e. The van der Waals surface area contributed by atoms with Crippen LogP contribution in [0, 0.1) is 0 Å². The van der Waals surface area contributed by atoms with Crippen molar-refractivity contribution in [2.75, 3.05) is 7.11 Å². The molecule has 1 heterocycles. The van der Waals surface area contributed by atoms with E-state index < -0.39 is 0 Å². The molecule has 0 aliphatic rings. The van der Waals surface area contributed by atoms with Gasteiger partial charge in [-0.1, -0.05) is 38.1 Å². The maximum absolute atomic E-state index is 5.86. The molecule has 24 heavy (non-hydrogen) atoms. The lowest BCUT2D eigenvalue weighted by Gasteiger charge is -2.12. The van der Waals surface area contributed by atoms with Gasteiger partial charge in [0.15, 0.2) is 6.61 Å². The lowest BCUT2D eigenvalue weighted by atomic mass is 10.0. The van der Waals surface area contributed by atoms with Crippen LogP contribution in [0.1, 0.15) is 31.2 Å². The van der Waals surface area contributed by atoms with E-state index in [9.17, 15) is 0 Å². The van der Waals surface area contributed by atoms with Gasteiger partial charge in [-0.3, -0.25) is 0 Å². The first-order valence-electron chi connectivity index (χ1n) is 7.86. The summed E-state index contributed by atoms with van der Waals surface area (Å²) in [5, 5.41) is 8.13. The summed E-state index contributed by atoms with van der Waals surface area (Å²) in [6.45, 7) is 4.51. The third-order valence-electron chi connectivity index (χ3n) is 3.68. The molecule has 0 spiro atoms. The predicted octanol–water partition coefficient (Wildman–Crippen LogP) is 4.45. The van der Waals surface area contributed by atoms with E-state index in [1.165, 1.54) is 0 Å². The molecule has 0 aliphatic heterocycles. The van der Waals surface area contributed by atoms with Crippen molar-refractivity contribution in [1.29, 1.82) is 0 Å². The number of methoxy groups -OCH3 is 1. The third kappa shape index (κ3) is 3.56. The Balaban J connectivity index is 1.73. The highest BCUT2D eigenvalue weighted by Gasteiger charge is 2.12. The summed E-state index contributed by atoms with van der Waals surface area (Å²) in [4.78, 5) is 0. The molecule has 0 saturated carbocycles. The van der Waals surface area contributed by atoms with E-state index in [2.05, 4.69) is 30.1 Å². The number of ether oxygens (including phenoxy) is 2. The maximum Gasteiger partial charge on any atom is 0.254 e. The van der Waals surface area contributed by atoms with Gasteiger partial charge in [0.2, 0.25) is 5.89 Å². The Morgan fingerprint density at radius 1 is 1.04 bits per heavy atom. The summed E-state index contributed by atoms with van der Waals surface area (Å²) < 4.78 is 16.8. The Hall–Kier alpha value is -2.82. The number of para-hydroxylation sites is 1. The van der Waals surface area contributed by atoms with Crippen molar-refractivity contribution in [3.8, 4) is 23.0 Å². The number of hydrogen-bond acceptors (Lipinski definition) is 5. The molecule has 0 aliphatic carbocycles. The van der Waals surface area contributed by atoms with Crippen LogP contribution in [0.25, 0.3) is 11.5 Å². The highest BCUT2D eigenvalue weighted by molar-refractivity contribution is 5.55. The predicted molar refractivity (Wildman–Crippen MR) is 91.1 cm³/mol. The molecule has 124 valence electrons. The van der Waals surface area contributed by atoms with Gasteiger partial charge < -0.3 is 13.9 Å². The van der Waals surface area contributed by atoms with Crippen molar-refractivity contribution in [2.45, 2.75) is 26.4 Å². The van der Waals surface area contributed by atoms with Gasteiger partial charge in [-0.15, -0.1) is 10.2 Å². The molecule has 3 aromatic rings. The summed E-state index contributed by atoms with van der Waals surface area (Å²) in [6.07, 6.45) is 0. The second kappa shape index (κ2) is 7.17. The van der Waals surface area contributed by atoms with Crippen LogP contribution in [-0.2, 0) is 6.61 Å². The van der Waals surface area contributed by atoms with E-state index in [0.29, 0.717) is 17.7 Å². The first kappa shape index (κ1) is 16.1. The largest absolute Gasteiger partial charge is 0.497 e. The van der Waals surface area contributed by atoms with Crippen LogP contribution in [0.15, 0.2) is 52.9 Å². The molecule has 5 nitrogen and oxygen atoms in total. The molecule has 0 fully saturated rings. The second-order valence-electron chi connectivity index (χ2n) is 5.71. The first-order valence-corrected chi connectivity index (χ1v) is 7.86. The number of nitrogens with zero attached hydrogens (tertiary/aromatic N) is 2. The fourth-order valence-corrected chi connectivity index (χ4v) is 2.41. The molecule has 0 amide bonds. The Bertz CT molecular complexity index is 812. The zero-order valence-electron chi connectivity index (χ0n) is 14.0. The van der Waals surface area contributed by atoms with Crippen LogP contribution in [0.2, 0.25) is 0 Å². The Labute approximate surface area is 141 Å². The van der Waals surface area contributed by atoms with E-state index in [-0.39, 0.29) is 6.61 Å². The van der Waals surface area contributed by atoms with Crippen LogP contribution in [-0.4, -0.2) is 17.3 Å². The molecular formula is C19H20N2O3. The van der Waals surface area contributed by atoms with E-state index >= 15 is 0 Å². The normalized spacial score (nSPS) is 10.8. The summed E-state index contributed by atoms with van der Waals surface area (Å²) >= 11 is 0. The molecule has 5 heteroatoms. The zero-order chi connectivity index (χ0) is 16.9. The minimum atomic E-state index is 0.237. The molecular weight excluding hydrogens is 304 g/mol. The summed E-state index contributed by atoms with van der Waals surface area (Å²) in [6, 6.07) is 15.5. The highest BCUT2D eigenvalue weighted by Crippen LogP contribution is 2.27. The van der Waals surface area contributed by atoms with E-state index in [1.807, 2.05) is 42.5 Å². The SMILES string of the molecule is COc1cccc(-c2nnc(COc3ccccc3C(C)C)o2)c1. The molecule has 0 atom stereocenters. The van der Waals surface area contributed by atoms with Crippen LogP contribution in [0.4, 0.5) is 0 Å². The average Bonchev–Trinajstić information content (AvgIpc) is 3.09. The lowest BCUT2D eigenvalue weighted by Crippen LogP contribution is -1.99. The fraction of sp³-hybridized carbons (Fsp3) is 0.263. The zero-order valence-corrected chi connectivity index (χ0v) is 14.0. The monoisotopic (exact) mass is 324 g/mol. The second-order valence-corrected chi connectivity index (χ2v) is 5.71. The highest BCUT2D eigenvalue weighted by atomic mass is 16.5. The molecule has 1 aromatic heterocycles. The molecule has 0 unspecified atom stereocenters. The maximum atomic E-state index is 5.86. The van der Waals surface area contributed by atoms with Crippen LogP contribution < -0.4 is 9.47 Å². The minimum Gasteiger partial charge on any atom is -0.497 e. The van der Waals surface area contributed by atoms with Crippen molar-refractivity contribution in [1.82, 2.24) is 10.2 Å². The molecule has 0 radical (unpaired) electrons. The number of rotatable bonds is 6. The average molecular weight is 324 g/mol. The van der Waals surface area contributed by atoms with Gasteiger partial charge in [-0.2, -0.15) is 0 Å². The van der Waals surface area contributed by atoms with Crippen molar-refractivity contribution in [3.63, 3.8) is 0 Å². The number of aromatic nitrogens is 2. The van der Waals surface area contributed by atoms with E-state index in [4.69, 9.17) is 13.9 Å². The summed E-state index contributed by atoms with van der Waals surface area (Å²) in [5.74, 6) is 2.86.